The summed E-state index contributed by atoms with van der Waals surface area (Å²) < 4.78 is 40.6. The van der Waals surface area contributed by atoms with Gasteiger partial charge in [0.25, 0.3) is 0 Å². The van der Waals surface area contributed by atoms with Crippen LogP contribution in [0.15, 0.2) is 54.6 Å². The highest BCUT2D eigenvalue weighted by Gasteiger charge is 2.35. The van der Waals surface area contributed by atoms with Gasteiger partial charge in [0.05, 0.1) is 11.4 Å². The summed E-state index contributed by atoms with van der Waals surface area (Å²) in [6.45, 7) is 0. The standard InChI is InChI=1S/C17H12ClF3N4O/c18-11-3-1-10(2-4-11)14-9-15(17(19,20)21)24-25(14)13-7-5-12(6-8-13)23-16(22)26/h1-9H,(H3,22,23,26). The number of alkyl halides is 3. The number of aromatic nitrogens is 2. The third-order valence-electron chi connectivity index (χ3n) is 3.52. The molecule has 1 heterocycles. The minimum atomic E-state index is -4.58. The van der Waals surface area contributed by atoms with Gasteiger partial charge in [-0.15, -0.1) is 0 Å². The largest absolute Gasteiger partial charge is 0.435 e. The number of nitrogens with two attached hydrogens (primary N) is 1. The molecule has 0 bridgehead atoms. The molecule has 0 fully saturated rings. The van der Waals surface area contributed by atoms with Gasteiger partial charge in [0.2, 0.25) is 0 Å². The molecule has 0 aliphatic rings. The Morgan fingerprint density at radius 3 is 2.23 bits per heavy atom. The number of primary amides is 1. The lowest BCUT2D eigenvalue weighted by molar-refractivity contribution is -0.141. The number of carbonyl (C=O) groups excluding carboxylic acids is 1. The number of carbonyl (C=O) groups is 1. The molecule has 134 valence electrons. The summed E-state index contributed by atoms with van der Waals surface area (Å²) in [6, 6.07) is 12.7. The molecule has 9 heteroatoms. The van der Waals surface area contributed by atoms with Crippen LogP contribution in [0.2, 0.25) is 5.02 Å². The topological polar surface area (TPSA) is 72.9 Å². The van der Waals surface area contributed by atoms with Crippen LogP contribution >= 0.6 is 11.6 Å². The minimum Gasteiger partial charge on any atom is -0.351 e. The van der Waals surface area contributed by atoms with E-state index >= 15 is 0 Å². The highest BCUT2D eigenvalue weighted by molar-refractivity contribution is 6.30. The molecule has 3 aromatic rings. The van der Waals surface area contributed by atoms with E-state index < -0.39 is 17.9 Å². The maximum absolute atomic E-state index is 13.1. The number of anilines is 1. The molecule has 2 aromatic carbocycles. The first-order valence-electron chi connectivity index (χ1n) is 7.34. The molecule has 0 spiro atoms. The van der Waals surface area contributed by atoms with Gasteiger partial charge in [-0.05, 0) is 42.5 Å². The Hall–Kier alpha value is -3.00. The van der Waals surface area contributed by atoms with Crippen molar-refractivity contribution in [3.8, 4) is 16.9 Å². The molecule has 0 aliphatic heterocycles. The second-order valence-corrected chi connectivity index (χ2v) is 5.80. The summed E-state index contributed by atoms with van der Waals surface area (Å²) in [6.07, 6.45) is -4.58. The SMILES string of the molecule is NC(=O)Nc1ccc(-n2nc(C(F)(F)F)cc2-c2ccc(Cl)cc2)cc1. The van der Waals surface area contributed by atoms with Crippen molar-refractivity contribution in [1.29, 1.82) is 0 Å². The normalized spacial score (nSPS) is 11.4. The van der Waals surface area contributed by atoms with Gasteiger partial charge in [0.1, 0.15) is 0 Å². The third-order valence-corrected chi connectivity index (χ3v) is 3.77. The molecule has 26 heavy (non-hydrogen) atoms. The summed E-state index contributed by atoms with van der Waals surface area (Å²) in [7, 11) is 0. The Labute approximate surface area is 151 Å². The molecule has 0 unspecified atom stereocenters. The smallest absolute Gasteiger partial charge is 0.351 e. The lowest BCUT2D eigenvalue weighted by atomic mass is 10.1. The Balaban J connectivity index is 2.08. The van der Waals surface area contributed by atoms with Crippen molar-refractivity contribution in [1.82, 2.24) is 9.78 Å². The van der Waals surface area contributed by atoms with E-state index in [1.807, 2.05) is 0 Å². The van der Waals surface area contributed by atoms with E-state index in [9.17, 15) is 18.0 Å². The number of hydrogen-bond donors (Lipinski definition) is 2. The van der Waals surface area contributed by atoms with Crippen LogP contribution in [-0.4, -0.2) is 15.8 Å². The third kappa shape index (κ3) is 3.80. The fourth-order valence-electron chi connectivity index (χ4n) is 2.37. The first-order chi connectivity index (χ1) is 12.2. The number of urea groups is 1. The van der Waals surface area contributed by atoms with Crippen LogP contribution in [0.1, 0.15) is 5.69 Å². The molecule has 0 aliphatic carbocycles. The average Bonchev–Trinajstić information content (AvgIpc) is 3.01. The molecule has 5 nitrogen and oxygen atoms in total. The highest BCUT2D eigenvalue weighted by Crippen LogP contribution is 2.33. The Kier molecular flexibility index (Phi) is 4.60. The molecular weight excluding hydrogens is 369 g/mol. The zero-order chi connectivity index (χ0) is 18.9. The molecule has 2 amide bonds. The second-order valence-electron chi connectivity index (χ2n) is 5.37. The first kappa shape index (κ1) is 17.8. The fourth-order valence-corrected chi connectivity index (χ4v) is 2.50. The van der Waals surface area contributed by atoms with Gasteiger partial charge in [-0.25, -0.2) is 9.48 Å². The number of amides is 2. The van der Waals surface area contributed by atoms with Crippen molar-refractivity contribution in [3.63, 3.8) is 0 Å². The number of nitrogens with zero attached hydrogens (tertiary/aromatic N) is 2. The van der Waals surface area contributed by atoms with Gasteiger partial charge in [-0.3, -0.25) is 0 Å². The maximum Gasteiger partial charge on any atom is 0.435 e. The van der Waals surface area contributed by atoms with E-state index in [1.165, 1.54) is 28.9 Å². The van der Waals surface area contributed by atoms with Crippen molar-refractivity contribution in [2.75, 3.05) is 5.32 Å². The lowest BCUT2D eigenvalue weighted by Crippen LogP contribution is -2.19. The van der Waals surface area contributed by atoms with Gasteiger partial charge in [-0.1, -0.05) is 23.7 Å². The van der Waals surface area contributed by atoms with E-state index in [0.29, 0.717) is 22.0 Å². The highest BCUT2D eigenvalue weighted by atomic mass is 35.5. The molecule has 0 saturated carbocycles. The summed E-state index contributed by atoms with van der Waals surface area (Å²) in [4.78, 5) is 10.9. The van der Waals surface area contributed by atoms with Crippen molar-refractivity contribution >= 4 is 23.3 Å². The number of nitrogens with one attached hydrogen (secondary N) is 1. The number of rotatable bonds is 3. The van der Waals surface area contributed by atoms with Crippen LogP contribution in [-0.2, 0) is 6.18 Å². The van der Waals surface area contributed by atoms with Crippen molar-refractivity contribution in [2.24, 2.45) is 5.73 Å². The van der Waals surface area contributed by atoms with Gasteiger partial charge in [0, 0.05) is 16.3 Å². The average molecular weight is 381 g/mol. The predicted octanol–water partition coefficient (Wildman–Crippen LogP) is 4.70. The van der Waals surface area contributed by atoms with Crippen molar-refractivity contribution < 1.29 is 18.0 Å². The van der Waals surface area contributed by atoms with E-state index in [-0.39, 0.29) is 5.69 Å². The fraction of sp³-hybridized carbons (Fsp3) is 0.0588. The zero-order valence-corrected chi connectivity index (χ0v) is 13.8. The molecule has 0 saturated heterocycles. The second kappa shape index (κ2) is 6.72. The zero-order valence-electron chi connectivity index (χ0n) is 13.1. The summed E-state index contributed by atoms with van der Waals surface area (Å²) >= 11 is 5.85. The van der Waals surface area contributed by atoms with Gasteiger partial charge < -0.3 is 11.1 Å². The maximum atomic E-state index is 13.1. The number of halogens is 4. The lowest BCUT2D eigenvalue weighted by Gasteiger charge is -2.09. The van der Waals surface area contributed by atoms with Crippen molar-refractivity contribution in [3.05, 3.63) is 65.3 Å². The van der Waals surface area contributed by atoms with Gasteiger partial charge in [-0.2, -0.15) is 18.3 Å². The van der Waals surface area contributed by atoms with Crippen molar-refractivity contribution in [2.45, 2.75) is 6.18 Å². The Morgan fingerprint density at radius 1 is 1.08 bits per heavy atom. The van der Waals surface area contributed by atoms with Crippen LogP contribution in [0, 0.1) is 0 Å². The molecule has 0 radical (unpaired) electrons. The minimum absolute atomic E-state index is 0.254. The first-order valence-corrected chi connectivity index (χ1v) is 7.72. The van der Waals surface area contributed by atoms with Crippen LogP contribution in [0.4, 0.5) is 23.7 Å². The Bertz CT molecular complexity index is 934. The van der Waals surface area contributed by atoms with E-state index in [4.69, 9.17) is 17.3 Å². The number of hydrogen-bond acceptors (Lipinski definition) is 2. The van der Waals surface area contributed by atoms with Gasteiger partial charge in [0.15, 0.2) is 5.69 Å². The molecule has 0 atom stereocenters. The monoisotopic (exact) mass is 380 g/mol. The number of benzene rings is 2. The Morgan fingerprint density at radius 2 is 1.69 bits per heavy atom. The summed E-state index contributed by atoms with van der Waals surface area (Å²) in [5, 5.41) is 6.54. The van der Waals surface area contributed by atoms with Gasteiger partial charge >= 0.3 is 12.2 Å². The molecule has 3 N–H and O–H groups in total. The molecular formula is C17H12ClF3N4O. The van der Waals surface area contributed by atoms with Crippen LogP contribution < -0.4 is 11.1 Å². The quantitative estimate of drug-likeness (QED) is 0.691. The predicted molar refractivity (Wildman–Crippen MR) is 92.2 cm³/mol. The summed E-state index contributed by atoms with van der Waals surface area (Å²) in [5.41, 5.74) is 5.60. The molecule has 3 rings (SSSR count). The summed E-state index contributed by atoms with van der Waals surface area (Å²) in [5.74, 6) is 0. The van der Waals surface area contributed by atoms with E-state index in [2.05, 4.69) is 10.4 Å². The van der Waals surface area contributed by atoms with E-state index in [0.717, 1.165) is 6.07 Å². The van der Waals surface area contributed by atoms with E-state index in [1.54, 1.807) is 24.3 Å². The van der Waals surface area contributed by atoms with Crippen LogP contribution in [0.5, 0.6) is 0 Å². The van der Waals surface area contributed by atoms with Crippen LogP contribution in [0.3, 0.4) is 0 Å². The van der Waals surface area contributed by atoms with Crippen LogP contribution in [0.25, 0.3) is 16.9 Å². The molecule has 1 aromatic heterocycles.